The fourth-order valence-electron chi connectivity index (χ4n) is 1.46. The second-order valence-corrected chi connectivity index (χ2v) is 5.67. The number of likely N-dealkylation sites (N-methyl/N-ethyl adjacent to an activating group) is 1. The summed E-state index contributed by atoms with van der Waals surface area (Å²) in [4.78, 5) is 13.3. The minimum Gasteiger partial charge on any atom is -0.489 e. The Kier molecular flexibility index (Phi) is 6.28. The van der Waals surface area contributed by atoms with Gasteiger partial charge in [-0.05, 0) is 18.1 Å². The molecule has 0 aliphatic rings. The quantitative estimate of drug-likeness (QED) is 0.750. The van der Waals surface area contributed by atoms with E-state index in [-0.39, 0.29) is 29.0 Å². The van der Waals surface area contributed by atoms with Crippen molar-refractivity contribution >= 4 is 21.8 Å². The van der Waals surface area contributed by atoms with Crippen LogP contribution in [0.1, 0.15) is 13.8 Å². The Balaban J connectivity index is 2.41. The number of hydrogen-bond acceptors (Lipinski definition) is 2. The summed E-state index contributed by atoms with van der Waals surface area (Å²) in [5, 5.41) is 0. The summed E-state index contributed by atoms with van der Waals surface area (Å²) in [6.45, 7) is 4.63. The first-order chi connectivity index (χ1) is 8.93. The van der Waals surface area contributed by atoms with Crippen molar-refractivity contribution in [1.82, 2.24) is 4.90 Å². The number of halogens is 2. The predicted octanol–water partition coefficient (Wildman–Crippen LogP) is 3.08. The van der Waals surface area contributed by atoms with Crippen LogP contribution in [-0.2, 0) is 4.79 Å². The van der Waals surface area contributed by atoms with Crippen LogP contribution in [0.15, 0.2) is 24.3 Å². The monoisotopic (exact) mass is 331 g/mol. The number of amides is 1. The van der Waals surface area contributed by atoms with Crippen LogP contribution in [0.2, 0.25) is 0 Å². The second kappa shape index (κ2) is 7.48. The third-order valence-electron chi connectivity index (χ3n) is 2.72. The molecule has 0 heterocycles. The molecule has 0 aliphatic carbocycles. The molecule has 1 aromatic carbocycles. The molecule has 0 N–H and O–H groups in total. The number of nitrogens with zero attached hydrogens (tertiary/aromatic N) is 1. The highest BCUT2D eigenvalue weighted by Gasteiger charge is 2.21. The third-order valence-corrected chi connectivity index (χ3v) is 4.17. The van der Waals surface area contributed by atoms with Gasteiger partial charge in [-0.1, -0.05) is 41.9 Å². The number of ether oxygens (including phenoxy) is 1. The summed E-state index contributed by atoms with van der Waals surface area (Å²) in [5.41, 5.74) is 0. The molecule has 0 saturated heterocycles. The number of hydrogen-bond donors (Lipinski definition) is 0. The zero-order chi connectivity index (χ0) is 14.4. The van der Waals surface area contributed by atoms with Crippen molar-refractivity contribution < 1.29 is 13.9 Å². The molecule has 3 nitrogen and oxygen atoms in total. The minimum absolute atomic E-state index is 0.00661. The van der Waals surface area contributed by atoms with E-state index in [0.29, 0.717) is 6.54 Å². The Hall–Kier alpha value is -1.10. The minimum atomic E-state index is -0.392. The maximum atomic E-state index is 13.3. The fourth-order valence-corrected chi connectivity index (χ4v) is 1.81. The summed E-state index contributed by atoms with van der Waals surface area (Å²) >= 11 is 3.36. The van der Waals surface area contributed by atoms with E-state index in [1.165, 1.54) is 6.07 Å². The van der Waals surface area contributed by atoms with E-state index in [0.717, 1.165) is 0 Å². The molecule has 0 spiro atoms. The van der Waals surface area contributed by atoms with Gasteiger partial charge in [0.05, 0.1) is 11.4 Å². The fraction of sp³-hybridized carbons (Fsp3) is 0.500. The van der Waals surface area contributed by atoms with E-state index in [1.54, 1.807) is 30.1 Å². The highest BCUT2D eigenvalue weighted by molar-refractivity contribution is 9.10. The van der Waals surface area contributed by atoms with Crippen molar-refractivity contribution in [2.45, 2.75) is 18.7 Å². The summed E-state index contributed by atoms with van der Waals surface area (Å²) < 4.78 is 18.6. The molecule has 19 heavy (non-hydrogen) atoms. The van der Waals surface area contributed by atoms with Gasteiger partial charge in [0.25, 0.3) is 0 Å². The van der Waals surface area contributed by atoms with E-state index in [9.17, 15) is 9.18 Å². The molecule has 0 radical (unpaired) electrons. The highest BCUT2D eigenvalue weighted by Crippen LogP contribution is 2.16. The van der Waals surface area contributed by atoms with Crippen LogP contribution in [0, 0.1) is 11.7 Å². The smallest absolute Gasteiger partial charge is 0.236 e. The van der Waals surface area contributed by atoms with Gasteiger partial charge in [0.1, 0.15) is 6.61 Å². The van der Waals surface area contributed by atoms with Gasteiger partial charge < -0.3 is 9.64 Å². The molecular formula is C14H19BrFNO2. The Labute approximate surface area is 121 Å². The lowest BCUT2D eigenvalue weighted by atomic mass is 10.1. The maximum absolute atomic E-state index is 13.3. The molecule has 0 saturated carbocycles. The first kappa shape index (κ1) is 16.0. The lowest BCUT2D eigenvalue weighted by Crippen LogP contribution is -2.38. The maximum Gasteiger partial charge on any atom is 0.236 e. The largest absolute Gasteiger partial charge is 0.489 e. The van der Waals surface area contributed by atoms with Crippen LogP contribution in [0.3, 0.4) is 0 Å². The summed E-state index contributed by atoms with van der Waals surface area (Å²) in [6.07, 6.45) is 0. The van der Waals surface area contributed by atoms with Crippen molar-refractivity contribution in [2.24, 2.45) is 5.92 Å². The van der Waals surface area contributed by atoms with Gasteiger partial charge in [0.15, 0.2) is 11.6 Å². The molecule has 1 aromatic rings. The summed E-state index contributed by atoms with van der Waals surface area (Å²) in [6, 6.07) is 6.23. The van der Waals surface area contributed by atoms with Crippen LogP contribution in [0.25, 0.3) is 0 Å². The molecular weight excluding hydrogens is 313 g/mol. The van der Waals surface area contributed by atoms with Crippen LogP contribution >= 0.6 is 15.9 Å². The standard InChI is InChI=1S/C14H19BrFNO2/c1-10(2)13(15)14(18)17(3)8-9-19-12-7-5-4-6-11(12)16/h4-7,10,13H,8-9H2,1-3H3. The molecule has 0 aromatic heterocycles. The molecule has 0 aliphatic heterocycles. The van der Waals surface area contributed by atoms with E-state index in [1.807, 2.05) is 13.8 Å². The lowest BCUT2D eigenvalue weighted by molar-refractivity contribution is -0.130. The molecule has 1 atom stereocenters. The Morgan fingerprint density at radius 2 is 2.05 bits per heavy atom. The van der Waals surface area contributed by atoms with Crippen molar-refractivity contribution in [3.05, 3.63) is 30.1 Å². The lowest BCUT2D eigenvalue weighted by Gasteiger charge is -2.22. The molecule has 0 fully saturated rings. The Morgan fingerprint density at radius 3 is 2.63 bits per heavy atom. The first-order valence-electron chi connectivity index (χ1n) is 6.20. The number of carbonyl (C=O) groups is 1. The van der Waals surface area contributed by atoms with Crippen molar-refractivity contribution in [3.63, 3.8) is 0 Å². The topological polar surface area (TPSA) is 29.5 Å². The Bertz CT molecular complexity index is 426. The van der Waals surface area contributed by atoms with E-state index in [2.05, 4.69) is 15.9 Å². The number of alkyl halides is 1. The molecule has 1 unspecified atom stereocenters. The molecule has 1 amide bonds. The van der Waals surface area contributed by atoms with Gasteiger partial charge in [-0.3, -0.25) is 4.79 Å². The SMILES string of the molecule is CC(C)C(Br)C(=O)N(C)CCOc1ccccc1F. The van der Waals surface area contributed by atoms with E-state index < -0.39 is 5.82 Å². The first-order valence-corrected chi connectivity index (χ1v) is 7.11. The molecule has 5 heteroatoms. The average molecular weight is 332 g/mol. The van der Waals surface area contributed by atoms with Crippen molar-refractivity contribution in [1.29, 1.82) is 0 Å². The van der Waals surface area contributed by atoms with Crippen molar-refractivity contribution in [2.75, 3.05) is 20.2 Å². The van der Waals surface area contributed by atoms with E-state index in [4.69, 9.17) is 4.74 Å². The normalized spacial score (nSPS) is 12.3. The number of rotatable bonds is 6. The van der Waals surface area contributed by atoms with Crippen LogP contribution in [0.4, 0.5) is 4.39 Å². The Morgan fingerprint density at radius 1 is 1.42 bits per heavy atom. The number of benzene rings is 1. The van der Waals surface area contributed by atoms with E-state index >= 15 is 0 Å². The third kappa shape index (κ3) is 4.82. The van der Waals surface area contributed by atoms with Crippen LogP contribution in [-0.4, -0.2) is 35.8 Å². The highest BCUT2D eigenvalue weighted by atomic mass is 79.9. The van der Waals surface area contributed by atoms with Gasteiger partial charge in [0.2, 0.25) is 5.91 Å². The zero-order valence-corrected chi connectivity index (χ0v) is 13.0. The van der Waals surface area contributed by atoms with Crippen LogP contribution in [0.5, 0.6) is 5.75 Å². The van der Waals surface area contributed by atoms with Gasteiger partial charge >= 0.3 is 0 Å². The molecule has 106 valence electrons. The number of carbonyl (C=O) groups excluding carboxylic acids is 1. The zero-order valence-electron chi connectivity index (χ0n) is 11.4. The summed E-state index contributed by atoms with van der Waals surface area (Å²) in [5.74, 6) is 0.0502. The molecule has 0 bridgehead atoms. The number of para-hydroxylation sites is 1. The molecule has 1 rings (SSSR count). The van der Waals surface area contributed by atoms with Gasteiger partial charge in [-0.2, -0.15) is 0 Å². The van der Waals surface area contributed by atoms with Crippen molar-refractivity contribution in [3.8, 4) is 5.75 Å². The summed E-state index contributed by atoms with van der Waals surface area (Å²) in [7, 11) is 1.71. The van der Waals surface area contributed by atoms with Gasteiger partial charge in [0, 0.05) is 7.05 Å². The van der Waals surface area contributed by atoms with Gasteiger partial charge in [-0.15, -0.1) is 0 Å². The van der Waals surface area contributed by atoms with Gasteiger partial charge in [-0.25, -0.2) is 4.39 Å². The average Bonchev–Trinajstić information content (AvgIpc) is 2.38. The van der Waals surface area contributed by atoms with Crippen LogP contribution < -0.4 is 4.74 Å². The second-order valence-electron chi connectivity index (χ2n) is 4.68. The predicted molar refractivity (Wildman–Crippen MR) is 77.1 cm³/mol.